The Labute approximate surface area is 188 Å². The molecule has 0 aliphatic carbocycles. The number of unbranched alkanes of at least 4 members (excludes halogenated alkanes) is 4. The first-order chi connectivity index (χ1) is 13.5. The van der Waals surface area contributed by atoms with Gasteiger partial charge in [-0.1, -0.05) is 0 Å². The third kappa shape index (κ3) is 14.3. The van der Waals surface area contributed by atoms with Crippen molar-refractivity contribution in [2.45, 2.75) is 110 Å². The average Bonchev–Trinajstić information content (AvgIpc) is 2.69. The fourth-order valence-corrected chi connectivity index (χ4v) is 18.4. The Balaban J connectivity index is 4.88. The van der Waals surface area contributed by atoms with Crippen molar-refractivity contribution in [1.29, 1.82) is 0 Å². The van der Waals surface area contributed by atoms with E-state index in [2.05, 4.69) is 27.7 Å². The van der Waals surface area contributed by atoms with Gasteiger partial charge in [0.25, 0.3) is 0 Å². The van der Waals surface area contributed by atoms with Gasteiger partial charge in [0.05, 0.1) is 0 Å². The Kier molecular flexibility index (Phi) is 19.4. The van der Waals surface area contributed by atoms with Gasteiger partial charge in [-0.15, -0.1) is 0 Å². The van der Waals surface area contributed by atoms with E-state index in [0.717, 1.165) is 69.1 Å². The molecule has 0 unspecified atom stereocenters. The predicted octanol–water partition coefficient (Wildman–Crippen LogP) is 6.06. The predicted molar refractivity (Wildman–Crippen MR) is 124 cm³/mol. The van der Waals surface area contributed by atoms with E-state index >= 15 is 0 Å². The fraction of sp³-hybridized carbons (Fsp3) is 0.818. The number of rotatable bonds is 17. The van der Waals surface area contributed by atoms with Crippen LogP contribution in [0.15, 0.2) is 11.6 Å². The molecule has 0 saturated carbocycles. The van der Waals surface area contributed by atoms with Gasteiger partial charge < -0.3 is 0 Å². The molecule has 6 heteroatoms. The van der Waals surface area contributed by atoms with Crippen molar-refractivity contribution in [2.24, 2.45) is 0 Å². The maximum atomic E-state index is 12.6. The number of carbonyl (C=O) groups excluding carboxylic acids is 2. The first-order valence-electron chi connectivity index (χ1n) is 11.6. The van der Waals surface area contributed by atoms with E-state index in [1.165, 1.54) is 6.08 Å². The van der Waals surface area contributed by atoms with Gasteiger partial charge in [0, 0.05) is 0 Å². The van der Waals surface area contributed by atoms with E-state index in [1.807, 2.05) is 6.92 Å². The zero-order chi connectivity index (χ0) is 21.2. The minimum absolute atomic E-state index is 0.249. The SMILES string of the molecule is CCC[CH2][SnH]([CH2]CCC)[O]C(=O)/C=C(/CC)C(=O)[O][SnH]([CH2]CCC)[CH2]CCC. The molecule has 164 valence electrons. The second-order valence-corrected chi connectivity index (χ2v) is 22.7. The van der Waals surface area contributed by atoms with Crippen LogP contribution in [0.25, 0.3) is 0 Å². The summed E-state index contributed by atoms with van der Waals surface area (Å²) in [5, 5.41) is 0. The summed E-state index contributed by atoms with van der Waals surface area (Å²) in [6.07, 6.45) is 11.1. The Morgan fingerprint density at radius 2 is 1.07 bits per heavy atom. The van der Waals surface area contributed by atoms with E-state index in [1.54, 1.807) is 0 Å². The van der Waals surface area contributed by atoms with Crippen LogP contribution >= 0.6 is 0 Å². The molecule has 4 nitrogen and oxygen atoms in total. The third-order valence-electron chi connectivity index (χ3n) is 5.01. The summed E-state index contributed by atoms with van der Waals surface area (Å²) in [5.41, 5.74) is 0.496. The van der Waals surface area contributed by atoms with Crippen molar-refractivity contribution in [3.63, 3.8) is 0 Å². The Morgan fingerprint density at radius 1 is 0.679 bits per heavy atom. The Bertz CT molecular complexity index is 436. The first-order valence-corrected chi connectivity index (χ1v) is 23.6. The molecule has 0 aliphatic heterocycles. The summed E-state index contributed by atoms with van der Waals surface area (Å²) in [5.74, 6) is -0.544. The van der Waals surface area contributed by atoms with Gasteiger partial charge in [0.15, 0.2) is 0 Å². The standard InChI is InChI=1S/C6H8O4.4C4H9.2Sn.2H/c1-2-4(6(9)10)3-5(7)8;4*1-3-4-2;;;;/h3H,2H2,1H3,(H,7,8)(H,9,10);4*1,3-4H2,2H3;;;;/q;;;;;2*+1;;/p-2/b4-3-;;;;;;;;. The van der Waals surface area contributed by atoms with Gasteiger partial charge in [-0.3, -0.25) is 0 Å². The molecule has 0 fully saturated rings. The van der Waals surface area contributed by atoms with Crippen molar-refractivity contribution < 1.29 is 15.7 Å². The molecule has 0 aromatic heterocycles. The molecular formula is C22H44O4Sn2. The molecule has 0 spiro atoms. The van der Waals surface area contributed by atoms with Gasteiger partial charge in [-0.25, -0.2) is 0 Å². The van der Waals surface area contributed by atoms with Crippen LogP contribution in [0.3, 0.4) is 0 Å². The number of hydrogen-bond acceptors (Lipinski definition) is 4. The van der Waals surface area contributed by atoms with Gasteiger partial charge in [-0.05, 0) is 0 Å². The Hall–Kier alpha value is 0.277. The van der Waals surface area contributed by atoms with Crippen LogP contribution in [-0.4, -0.2) is 52.3 Å². The van der Waals surface area contributed by atoms with E-state index in [9.17, 15) is 9.59 Å². The quantitative estimate of drug-likeness (QED) is 0.149. The topological polar surface area (TPSA) is 52.6 Å². The number of carbonyl (C=O) groups is 2. The zero-order valence-corrected chi connectivity index (χ0v) is 25.6. The second-order valence-electron chi connectivity index (χ2n) is 7.68. The molecule has 0 rings (SSSR count). The van der Waals surface area contributed by atoms with Crippen molar-refractivity contribution in [3.8, 4) is 0 Å². The van der Waals surface area contributed by atoms with Crippen LogP contribution < -0.4 is 0 Å². The monoisotopic (exact) mass is 612 g/mol. The van der Waals surface area contributed by atoms with Crippen LogP contribution in [0.4, 0.5) is 0 Å². The molecule has 0 heterocycles. The summed E-state index contributed by atoms with van der Waals surface area (Å²) in [4.78, 5) is 25.1. The molecule has 0 atom stereocenters. The molecule has 0 aliphatic rings. The van der Waals surface area contributed by atoms with Crippen LogP contribution in [0, 0.1) is 0 Å². The van der Waals surface area contributed by atoms with Crippen LogP contribution in [0.5, 0.6) is 0 Å². The first kappa shape index (κ1) is 28.3. The molecule has 0 bridgehead atoms. The van der Waals surface area contributed by atoms with Crippen LogP contribution in [0.1, 0.15) is 92.4 Å². The van der Waals surface area contributed by atoms with Crippen molar-refractivity contribution in [3.05, 3.63) is 11.6 Å². The van der Waals surface area contributed by atoms with Gasteiger partial charge in [-0.2, -0.15) is 0 Å². The normalized spacial score (nSPS) is 11.9. The van der Waals surface area contributed by atoms with Gasteiger partial charge >= 0.3 is 190 Å². The van der Waals surface area contributed by atoms with Crippen molar-refractivity contribution >= 4 is 52.3 Å². The van der Waals surface area contributed by atoms with Crippen molar-refractivity contribution in [2.75, 3.05) is 0 Å². The zero-order valence-electron chi connectivity index (χ0n) is 19.1. The molecule has 0 amide bonds. The summed E-state index contributed by atoms with van der Waals surface area (Å²) < 4.78 is 16.3. The molecule has 28 heavy (non-hydrogen) atoms. The molecule has 0 N–H and O–H groups in total. The summed E-state index contributed by atoms with van der Waals surface area (Å²) in [6, 6.07) is 0. The molecule has 0 saturated heterocycles. The van der Waals surface area contributed by atoms with Gasteiger partial charge in [0.2, 0.25) is 0 Å². The van der Waals surface area contributed by atoms with E-state index < -0.39 is 40.3 Å². The maximum absolute atomic E-state index is 12.6. The molecular weight excluding hydrogens is 566 g/mol. The molecule has 0 radical (unpaired) electrons. The van der Waals surface area contributed by atoms with Crippen LogP contribution in [0.2, 0.25) is 17.7 Å². The van der Waals surface area contributed by atoms with E-state index in [0.29, 0.717) is 12.0 Å². The fourth-order valence-electron chi connectivity index (χ4n) is 3.12. The number of hydrogen-bond donors (Lipinski definition) is 0. The minimum atomic E-state index is -2.29. The summed E-state index contributed by atoms with van der Waals surface area (Å²) >= 11 is -4.57. The van der Waals surface area contributed by atoms with Gasteiger partial charge in [0.1, 0.15) is 0 Å². The Morgan fingerprint density at radius 3 is 1.43 bits per heavy atom. The third-order valence-corrected chi connectivity index (χ3v) is 20.2. The molecule has 0 aromatic carbocycles. The van der Waals surface area contributed by atoms with Crippen LogP contribution in [-0.2, 0) is 15.7 Å². The second kappa shape index (κ2) is 19.3. The average molecular weight is 610 g/mol. The summed E-state index contributed by atoms with van der Waals surface area (Å²) in [7, 11) is 0. The van der Waals surface area contributed by atoms with E-state index in [4.69, 9.17) is 6.15 Å². The summed E-state index contributed by atoms with van der Waals surface area (Å²) in [6.45, 7) is 10.6. The van der Waals surface area contributed by atoms with E-state index in [-0.39, 0.29) is 11.9 Å². The van der Waals surface area contributed by atoms with Crippen molar-refractivity contribution in [1.82, 2.24) is 0 Å². The molecule has 0 aromatic rings.